The molecule has 3 aromatic heterocycles. The van der Waals surface area contributed by atoms with Gasteiger partial charge in [-0.1, -0.05) is 20.8 Å². The summed E-state index contributed by atoms with van der Waals surface area (Å²) in [6.45, 7) is 8.79. The number of nitrogens with zero attached hydrogens (tertiary/aromatic N) is 4. The number of aliphatic hydroxyl groups is 3. The Morgan fingerprint density at radius 3 is 2.59 bits per heavy atom. The number of anilines is 2. The van der Waals surface area contributed by atoms with E-state index >= 15 is 0 Å². The fraction of sp³-hybridized carbons (Fsp3) is 0.545. The van der Waals surface area contributed by atoms with E-state index in [-0.39, 0.29) is 17.9 Å². The number of hydrogen-bond acceptors (Lipinski definition) is 10. The molecule has 4 rings (SSSR count). The third-order valence-corrected chi connectivity index (χ3v) is 6.68. The van der Waals surface area contributed by atoms with Crippen molar-refractivity contribution in [1.82, 2.24) is 19.9 Å². The lowest BCUT2D eigenvalue weighted by molar-refractivity contribution is 0.00446. The lowest BCUT2D eigenvalue weighted by atomic mass is 9.97. The van der Waals surface area contributed by atoms with Crippen LogP contribution in [0.2, 0.25) is 0 Å². The first-order valence-electron chi connectivity index (χ1n) is 10.7. The fourth-order valence-corrected chi connectivity index (χ4v) is 4.90. The van der Waals surface area contributed by atoms with Crippen LogP contribution in [0.4, 0.5) is 11.8 Å². The van der Waals surface area contributed by atoms with E-state index in [9.17, 15) is 15.3 Å². The van der Waals surface area contributed by atoms with Crippen molar-refractivity contribution in [1.29, 1.82) is 0 Å². The highest BCUT2D eigenvalue weighted by Gasteiger charge is 2.41. The van der Waals surface area contributed by atoms with Crippen molar-refractivity contribution < 1.29 is 15.3 Å². The predicted octanol–water partition coefficient (Wildman–Crippen LogP) is 2.43. The summed E-state index contributed by atoms with van der Waals surface area (Å²) < 4.78 is 1.01. The number of thiazole rings is 1. The molecule has 0 spiro atoms. The first kappa shape index (κ1) is 22.8. The number of aryl methyl sites for hydroxylation is 1. The van der Waals surface area contributed by atoms with Crippen LogP contribution < -0.4 is 10.6 Å². The maximum absolute atomic E-state index is 10.5. The van der Waals surface area contributed by atoms with Gasteiger partial charge in [-0.15, -0.1) is 11.3 Å². The smallest absolute Gasteiger partial charge is 0.224 e. The van der Waals surface area contributed by atoms with Crippen LogP contribution in [0.3, 0.4) is 0 Å². The van der Waals surface area contributed by atoms with Gasteiger partial charge < -0.3 is 26.0 Å². The third-order valence-electron chi connectivity index (χ3n) is 5.63. The van der Waals surface area contributed by atoms with Crippen molar-refractivity contribution in [2.24, 2.45) is 11.3 Å². The highest BCUT2D eigenvalue weighted by Crippen LogP contribution is 2.38. The SMILES string of the molecule is Cc1nc(NCC(C)(C)C)nc(NC2CC(CO)C(O)C2O)c1-c1nc2cnccc2s1. The lowest BCUT2D eigenvalue weighted by Crippen LogP contribution is -2.36. The van der Waals surface area contributed by atoms with Crippen LogP contribution in [0, 0.1) is 18.3 Å². The quantitative estimate of drug-likeness (QED) is 0.377. The molecule has 1 saturated carbocycles. The molecule has 4 atom stereocenters. The van der Waals surface area contributed by atoms with Gasteiger partial charge >= 0.3 is 0 Å². The van der Waals surface area contributed by atoms with Crippen molar-refractivity contribution >= 4 is 33.3 Å². The van der Waals surface area contributed by atoms with Gasteiger partial charge in [0.1, 0.15) is 22.4 Å². The highest BCUT2D eigenvalue weighted by molar-refractivity contribution is 7.21. The van der Waals surface area contributed by atoms with E-state index in [0.29, 0.717) is 24.7 Å². The van der Waals surface area contributed by atoms with Crippen molar-refractivity contribution in [2.75, 3.05) is 23.8 Å². The molecule has 0 amide bonds. The molecule has 172 valence electrons. The number of pyridine rings is 1. The molecule has 9 nitrogen and oxygen atoms in total. The molecule has 3 heterocycles. The summed E-state index contributed by atoms with van der Waals surface area (Å²) >= 11 is 1.52. The van der Waals surface area contributed by atoms with Gasteiger partial charge in [-0.3, -0.25) is 4.98 Å². The Balaban J connectivity index is 1.74. The van der Waals surface area contributed by atoms with Crippen molar-refractivity contribution in [3.8, 4) is 10.6 Å². The summed E-state index contributed by atoms with van der Waals surface area (Å²) in [6, 6.07) is 1.46. The van der Waals surface area contributed by atoms with Gasteiger partial charge in [0.15, 0.2) is 0 Å². The normalized spacial score (nSPS) is 23.6. The van der Waals surface area contributed by atoms with Gasteiger partial charge in [0.05, 0.1) is 34.3 Å². The zero-order valence-electron chi connectivity index (χ0n) is 18.7. The Kier molecular flexibility index (Phi) is 6.30. The molecule has 1 aliphatic rings. The van der Waals surface area contributed by atoms with Crippen LogP contribution in [0.1, 0.15) is 32.9 Å². The maximum Gasteiger partial charge on any atom is 0.224 e. The van der Waals surface area contributed by atoms with Gasteiger partial charge in [0, 0.05) is 25.3 Å². The number of fused-ring (bicyclic) bond motifs is 1. The second-order valence-corrected chi connectivity index (χ2v) is 10.6. The summed E-state index contributed by atoms with van der Waals surface area (Å²) in [6.07, 6.45) is 1.88. The Morgan fingerprint density at radius 1 is 1.16 bits per heavy atom. The van der Waals surface area contributed by atoms with Crippen LogP contribution in [0.5, 0.6) is 0 Å². The highest BCUT2D eigenvalue weighted by atomic mass is 32.1. The molecule has 0 aliphatic heterocycles. The van der Waals surface area contributed by atoms with E-state index in [1.165, 1.54) is 11.3 Å². The van der Waals surface area contributed by atoms with Gasteiger partial charge in [0.2, 0.25) is 5.95 Å². The molecule has 1 aliphatic carbocycles. The minimum Gasteiger partial charge on any atom is -0.396 e. The van der Waals surface area contributed by atoms with Crippen LogP contribution >= 0.6 is 11.3 Å². The van der Waals surface area contributed by atoms with Crippen LogP contribution in [0.25, 0.3) is 20.8 Å². The number of aliphatic hydroxyl groups excluding tert-OH is 3. The zero-order valence-corrected chi connectivity index (χ0v) is 19.5. The summed E-state index contributed by atoms with van der Waals surface area (Å²) in [5.41, 5.74) is 2.34. The molecule has 10 heteroatoms. The largest absolute Gasteiger partial charge is 0.396 e. The van der Waals surface area contributed by atoms with Crippen molar-refractivity contribution in [3.05, 3.63) is 24.2 Å². The molecular weight excluding hydrogens is 428 g/mol. The number of nitrogens with one attached hydrogen (secondary N) is 2. The Labute approximate surface area is 191 Å². The molecule has 3 aromatic rings. The molecule has 0 bridgehead atoms. The first-order valence-corrected chi connectivity index (χ1v) is 11.5. The molecule has 32 heavy (non-hydrogen) atoms. The first-order chi connectivity index (χ1) is 15.2. The fourth-order valence-electron chi connectivity index (χ4n) is 3.87. The van der Waals surface area contributed by atoms with Crippen molar-refractivity contribution in [2.45, 2.75) is 52.4 Å². The van der Waals surface area contributed by atoms with Gasteiger partial charge in [-0.2, -0.15) is 4.98 Å². The average molecular weight is 459 g/mol. The Hall–Kier alpha value is -2.40. The van der Waals surface area contributed by atoms with E-state index in [1.807, 2.05) is 13.0 Å². The zero-order chi connectivity index (χ0) is 23.0. The average Bonchev–Trinajstić information content (AvgIpc) is 3.27. The van der Waals surface area contributed by atoms with E-state index in [4.69, 9.17) is 9.97 Å². The molecular formula is C22H30N6O3S. The molecule has 0 radical (unpaired) electrons. The predicted molar refractivity (Wildman–Crippen MR) is 126 cm³/mol. The van der Waals surface area contributed by atoms with Crippen LogP contribution in [0.15, 0.2) is 18.5 Å². The summed E-state index contributed by atoms with van der Waals surface area (Å²) in [7, 11) is 0. The second kappa shape index (κ2) is 8.86. The van der Waals surface area contributed by atoms with E-state index in [1.54, 1.807) is 12.4 Å². The topological polar surface area (TPSA) is 136 Å². The Bertz CT molecular complexity index is 1070. The number of rotatable bonds is 6. The third kappa shape index (κ3) is 4.68. The molecule has 5 N–H and O–H groups in total. The van der Waals surface area contributed by atoms with Crippen molar-refractivity contribution in [3.63, 3.8) is 0 Å². The summed E-state index contributed by atoms with van der Waals surface area (Å²) in [5.74, 6) is 0.634. The van der Waals surface area contributed by atoms with Crippen LogP contribution in [-0.2, 0) is 0 Å². The Morgan fingerprint density at radius 2 is 1.94 bits per heavy atom. The van der Waals surface area contributed by atoms with E-state index < -0.39 is 18.2 Å². The minimum atomic E-state index is -1.01. The summed E-state index contributed by atoms with van der Waals surface area (Å²) in [5, 5.41) is 37.7. The van der Waals surface area contributed by atoms with Gasteiger partial charge in [-0.05, 0) is 24.8 Å². The maximum atomic E-state index is 10.5. The van der Waals surface area contributed by atoms with Gasteiger partial charge in [0.25, 0.3) is 0 Å². The summed E-state index contributed by atoms with van der Waals surface area (Å²) in [4.78, 5) is 18.3. The van der Waals surface area contributed by atoms with Gasteiger partial charge in [-0.25, -0.2) is 9.97 Å². The standard InChI is InChI=1S/C22H30N6O3S/c1-11-16(20-27-14-8-23-6-5-15(14)32-20)19(28-21(25-11)24-10-22(2,3)4)26-13-7-12(9-29)17(30)18(13)31/h5-6,8,12-13,17-18,29-31H,7,9-10H2,1-4H3,(H2,24,25,26,28). The lowest BCUT2D eigenvalue weighted by Gasteiger charge is -2.22. The monoisotopic (exact) mass is 458 g/mol. The van der Waals surface area contributed by atoms with E-state index in [0.717, 1.165) is 26.5 Å². The minimum absolute atomic E-state index is 0.0453. The number of aromatic nitrogens is 4. The molecule has 0 aromatic carbocycles. The second-order valence-electron chi connectivity index (χ2n) is 9.54. The molecule has 4 unspecified atom stereocenters. The van der Waals surface area contributed by atoms with E-state index in [2.05, 4.69) is 41.4 Å². The van der Waals surface area contributed by atoms with Crippen LogP contribution in [-0.4, -0.2) is 66.7 Å². The molecule has 0 saturated heterocycles. The molecule has 1 fully saturated rings. The number of hydrogen-bond donors (Lipinski definition) is 5.